The number of benzene rings is 2. The zero-order valence-electron chi connectivity index (χ0n) is 11.5. The number of halogens is 2. The first-order chi connectivity index (χ1) is 9.47. The highest BCUT2D eigenvalue weighted by atomic mass is 35.5. The van der Waals surface area contributed by atoms with Crippen LogP contribution in [0, 0.1) is 12.7 Å². The van der Waals surface area contributed by atoms with Gasteiger partial charge in [0.25, 0.3) is 0 Å². The lowest BCUT2D eigenvalue weighted by molar-refractivity contribution is 0.305. The van der Waals surface area contributed by atoms with Crippen LogP contribution in [0.5, 0.6) is 5.75 Å². The summed E-state index contributed by atoms with van der Waals surface area (Å²) >= 11 is 6.16. The molecule has 2 nitrogen and oxygen atoms in total. The van der Waals surface area contributed by atoms with E-state index in [1.165, 1.54) is 12.1 Å². The average Bonchev–Trinajstić information content (AvgIpc) is 2.38. The van der Waals surface area contributed by atoms with Crippen molar-refractivity contribution in [2.75, 3.05) is 0 Å². The highest BCUT2D eigenvalue weighted by Crippen LogP contribution is 2.28. The van der Waals surface area contributed by atoms with Crippen molar-refractivity contribution in [2.24, 2.45) is 5.73 Å². The molecule has 0 spiro atoms. The Bertz CT molecular complexity index is 613. The van der Waals surface area contributed by atoms with Gasteiger partial charge in [0.1, 0.15) is 18.2 Å². The molecule has 0 aliphatic rings. The second kappa shape index (κ2) is 6.25. The Morgan fingerprint density at radius 1 is 1.25 bits per heavy atom. The van der Waals surface area contributed by atoms with E-state index in [9.17, 15) is 4.39 Å². The van der Waals surface area contributed by atoms with Gasteiger partial charge in [-0.25, -0.2) is 4.39 Å². The smallest absolute Gasteiger partial charge is 0.138 e. The third-order valence-corrected chi connectivity index (χ3v) is 3.46. The van der Waals surface area contributed by atoms with Crippen LogP contribution in [0.4, 0.5) is 4.39 Å². The highest BCUT2D eigenvalue weighted by molar-refractivity contribution is 6.32. The number of rotatable bonds is 4. The van der Waals surface area contributed by atoms with Crippen molar-refractivity contribution >= 4 is 11.6 Å². The van der Waals surface area contributed by atoms with Gasteiger partial charge in [0.2, 0.25) is 0 Å². The summed E-state index contributed by atoms with van der Waals surface area (Å²) < 4.78 is 18.7. The molecule has 0 aliphatic heterocycles. The van der Waals surface area contributed by atoms with Gasteiger partial charge < -0.3 is 10.5 Å². The molecule has 0 aliphatic carbocycles. The molecule has 0 saturated carbocycles. The molecule has 0 heterocycles. The van der Waals surface area contributed by atoms with E-state index in [4.69, 9.17) is 22.1 Å². The van der Waals surface area contributed by atoms with E-state index in [1.807, 2.05) is 19.9 Å². The number of hydrogen-bond acceptors (Lipinski definition) is 2. The maximum absolute atomic E-state index is 13.0. The van der Waals surface area contributed by atoms with Gasteiger partial charge in [0.15, 0.2) is 0 Å². The van der Waals surface area contributed by atoms with Crippen LogP contribution in [-0.4, -0.2) is 0 Å². The average molecular weight is 294 g/mol. The van der Waals surface area contributed by atoms with Crippen molar-refractivity contribution < 1.29 is 9.13 Å². The lowest BCUT2D eigenvalue weighted by Gasteiger charge is -2.12. The van der Waals surface area contributed by atoms with Gasteiger partial charge in [0.05, 0.1) is 5.02 Å². The first-order valence-electron chi connectivity index (χ1n) is 6.40. The summed E-state index contributed by atoms with van der Waals surface area (Å²) in [5, 5.41) is 0.527. The summed E-state index contributed by atoms with van der Waals surface area (Å²) in [5.74, 6) is 0.352. The van der Waals surface area contributed by atoms with Crippen molar-refractivity contribution in [1.82, 2.24) is 0 Å². The lowest BCUT2D eigenvalue weighted by Crippen LogP contribution is -2.05. The Hall–Kier alpha value is -1.58. The van der Waals surface area contributed by atoms with E-state index in [1.54, 1.807) is 18.2 Å². The van der Waals surface area contributed by atoms with Crippen LogP contribution < -0.4 is 10.5 Å². The zero-order chi connectivity index (χ0) is 14.7. The molecular weight excluding hydrogens is 277 g/mol. The first kappa shape index (κ1) is 14.8. The Morgan fingerprint density at radius 3 is 2.60 bits per heavy atom. The van der Waals surface area contributed by atoms with E-state index in [-0.39, 0.29) is 11.9 Å². The minimum Gasteiger partial charge on any atom is -0.487 e. The summed E-state index contributed by atoms with van der Waals surface area (Å²) in [6.07, 6.45) is 0. The number of nitrogens with two attached hydrogens (primary N) is 1. The summed E-state index contributed by atoms with van der Waals surface area (Å²) in [6.45, 7) is 4.10. The number of ether oxygens (including phenoxy) is 1. The maximum Gasteiger partial charge on any atom is 0.138 e. The Kier molecular flexibility index (Phi) is 4.63. The topological polar surface area (TPSA) is 35.2 Å². The van der Waals surface area contributed by atoms with Gasteiger partial charge in [-0.2, -0.15) is 0 Å². The van der Waals surface area contributed by atoms with Gasteiger partial charge in [-0.3, -0.25) is 0 Å². The lowest BCUT2D eigenvalue weighted by atomic mass is 10.1. The molecule has 2 rings (SSSR count). The van der Waals surface area contributed by atoms with Gasteiger partial charge in [0, 0.05) is 6.04 Å². The molecule has 0 saturated heterocycles. The predicted octanol–water partition coefficient (Wildman–Crippen LogP) is 4.39. The van der Waals surface area contributed by atoms with Crippen LogP contribution in [0.15, 0.2) is 36.4 Å². The monoisotopic (exact) mass is 293 g/mol. The minimum absolute atomic E-state index is 0.0686. The largest absolute Gasteiger partial charge is 0.487 e. The molecule has 0 radical (unpaired) electrons. The van der Waals surface area contributed by atoms with Crippen molar-refractivity contribution in [3.05, 3.63) is 63.9 Å². The quantitative estimate of drug-likeness (QED) is 0.907. The van der Waals surface area contributed by atoms with Gasteiger partial charge in [-0.15, -0.1) is 0 Å². The third-order valence-electron chi connectivity index (χ3n) is 3.17. The van der Waals surface area contributed by atoms with Crippen LogP contribution in [0.2, 0.25) is 5.02 Å². The molecule has 1 atom stereocenters. The second-order valence-electron chi connectivity index (χ2n) is 4.84. The van der Waals surface area contributed by atoms with E-state index < -0.39 is 0 Å². The van der Waals surface area contributed by atoms with E-state index in [0.717, 1.165) is 16.7 Å². The summed E-state index contributed by atoms with van der Waals surface area (Å²) in [6, 6.07) is 10.1. The molecule has 2 aromatic carbocycles. The maximum atomic E-state index is 13.0. The molecule has 2 aromatic rings. The van der Waals surface area contributed by atoms with E-state index >= 15 is 0 Å². The van der Waals surface area contributed by atoms with Gasteiger partial charge in [-0.05, 0) is 54.8 Å². The normalized spacial score (nSPS) is 12.2. The third kappa shape index (κ3) is 3.50. The van der Waals surface area contributed by atoms with Crippen LogP contribution >= 0.6 is 11.6 Å². The molecular formula is C16H17ClFNO. The predicted molar refractivity (Wildman–Crippen MR) is 79.5 cm³/mol. The SMILES string of the molecule is Cc1cc(F)ccc1COc1ccc(C(C)N)cc1Cl. The van der Waals surface area contributed by atoms with Crippen molar-refractivity contribution in [3.63, 3.8) is 0 Å². The molecule has 0 amide bonds. The molecule has 1 unspecified atom stereocenters. The Morgan fingerprint density at radius 2 is 2.00 bits per heavy atom. The summed E-state index contributed by atoms with van der Waals surface area (Å²) in [5.41, 5.74) is 8.54. The first-order valence-corrected chi connectivity index (χ1v) is 6.78. The van der Waals surface area contributed by atoms with Crippen LogP contribution in [0.25, 0.3) is 0 Å². The standard InChI is InChI=1S/C16H17ClFNO/c1-10-7-14(18)5-3-13(10)9-20-16-6-4-12(11(2)19)8-15(16)17/h3-8,11H,9,19H2,1-2H3. The fourth-order valence-electron chi connectivity index (χ4n) is 1.89. The van der Waals surface area contributed by atoms with E-state index in [0.29, 0.717) is 17.4 Å². The molecule has 106 valence electrons. The molecule has 2 N–H and O–H groups in total. The number of aryl methyl sites for hydroxylation is 1. The fraction of sp³-hybridized carbons (Fsp3) is 0.250. The highest BCUT2D eigenvalue weighted by Gasteiger charge is 2.07. The minimum atomic E-state index is -0.245. The molecule has 0 fully saturated rings. The van der Waals surface area contributed by atoms with Crippen molar-refractivity contribution in [2.45, 2.75) is 26.5 Å². The van der Waals surface area contributed by atoms with Crippen molar-refractivity contribution in [3.8, 4) is 5.75 Å². The summed E-state index contributed by atoms with van der Waals surface area (Å²) in [7, 11) is 0. The van der Waals surface area contributed by atoms with Crippen LogP contribution in [0.1, 0.15) is 29.7 Å². The molecule has 4 heteroatoms. The van der Waals surface area contributed by atoms with E-state index in [2.05, 4.69) is 0 Å². The second-order valence-corrected chi connectivity index (χ2v) is 5.25. The zero-order valence-corrected chi connectivity index (χ0v) is 12.2. The van der Waals surface area contributed by atoms with Crippen LogP contribution in [-0.2, 0) is 6.61 Å². The Balaban J connectivity index is 2.11. The van der Waals surface area contributed by atoms with Crippen LogP contribution in [0.3, 0.4) is 0 Å². The Labute approximate surface area is 123 Å². The molecule has 0 bridgehead atoms. The fourth-order valence-corrected chi connectivity index (χ4v) is 2.14. The molecule has 0 aromatic heterocycles. The van der Waals surface area contributed by atoms with Gasteiger partial charge >= 0.3 is 0 Å². The van der Waals surface area contributed by atoms with Crippen molar-refractivity contribution in [1.29, 1.82) is 0 Å². The molecule has 20 heavy (non-hydrogen) atoms. The summed E-state index contributed by atoms with van der Waals surface area (Å²) in [4.78, 5) is 0. The number of hydrogen-bond donors (Lipinski definition) is 1. The van der Waals surface area contributed by atoms with Gasteiger partial charge in [-0.1, -0.05) is 23.7 Å².